The van der Waals surface area contributed by atoms with Gasteiger partial charge < -0.3 is 20.5 Å². The zero-order chi connectivity index (χ0) is 26.0. The van der Waals surface area contributed by atoms with E-state index in [1.54, 1.807) is 35.6 Å². The molecule has 3 aromatic carbocycles. The van der Waals surface area contributed by atoms with Crippen molar-refractivity contribution in [1.82, 2.24) is 10.3 Å². The second-order valence-corrected chi connectivity index (χ2v) is 9.02. The van der Waals surface area contributed by atoms with Gasteiger partial charge in [0.15, 0.2) is 0 Å². The van der Waals surface area contributed by atoms with Gasteiger partial charge in [0.2, 0.25) is 5.91 Å². The van der Waals surface area contributed by atoms with Gasteiger partial charge in [-0.15, -0.1) is 11.3 Å². The Morgan fingerprint density at radius 2 is 1.57 bits per heavy atom. The Bertz CT molecular complexity index is 1340. The number of amides is 2. The molecule has 0 aliphatic rings. The second-order valence-electron chi connectivity index (χ2n) is 8.16. The highest BCUT2D eigenvalue weighted by Crippen LogP contribution is 2.29. The van der Waals surface area contributed by atoms with Crippen molar-refractivity contribution in [3.8, 4) is 21.8 Å². The van der Waals surface area contributed by atoms with Crippen molar-refractivity contribution in [2.75, 3.05) is 5.32 Å². The molecule has 9 heteroatoms. The highest BCUT2D eigenvalue weighted by atomic mass is 32.1. The molecule has 8 nitrogen and oxygen atoms in total. The van der Waals surface area contributed by atoms with E-state index >= 15 is 0 Å². The molecule has 1 aromatic heterocycles. The molecular formula is C28H25N3O5S. The zero-order valence-corrected chi connectivity index (χ0v) is 20.6. The summed E-state index contributed by atoms with van der Waals surface area (Å²) in [7, 11) is 0. The van der Waals surface area contributed by atoms with Crippen LogP contribution in [-0.2, 0) is 20.9 Å². The van der Waals surface area contributed by atoms with Gasteiger partial charge in [0, 0.05) is 28.6 Å². The maximum atomic E-state index is 12.9. The predicted octanol–water partition coefficient (Wildman–Crippen LogP) is 5.58. The van der Waals surface area contributed by atoms with E-state index in [4.69, 9.17) is 14.8 Å². The van der Waals surface area contributed by atoms with Crippen molar-refractivity contribution in [2.45, 2.75) is 25.5 Å². The van der Waals surface area contributed by atoms with Crippen molar-refractivity contribution in [3.05, 3.63) is 95.9 Å². The summed E-state index contributed by atoms with van der Waals surface area (Å²) in [6.07, 6.45) is -1.17. The summed E-state index contributed by atoms with van der Waals surface area (Å²) in [4.78, 5) is 40.9. The summed E-state index contributed by atoms with van der Waals surface area (Å²) in [5.41, 5.74) is 4.06. The van der Waals surface area contributed by atoms with Crippen molar-refractivity contribution in [2.24, 2.45) is 0 Å². The molecule has 0 aliphatic carbocycles. The lowest BCUT2D eigenvalue weighted by molar-refractivity contribution is -0.137. The molecule has 0 bridgehead atoms. The lowest BCUT2D eigenvalue weighted by Crippen LogP contribution is -2.44. The monoisotopic (exact) mass is 515 g/mol. The fraction of sp³-hybridized carbons (Fsp3) is 0.143. The largest absolute Gasteiger partial charge is 0.481 e. The summed E-state index contributed by atoms with van der Waals surface area (Å²) in [6.45, 7) is 0.0318. The summed E-state index contributed by atoms with van der Waals surface area (Å²) in [5.74, 6) is -1.61. The fourth-order valence-corrected chi connectivity index (χ4v) is 4.35. The van der Waals surface area contributed by atoms with Crippen LogP contribution < -0.4 is 10.6 Å². The Hall–Kier alpha value is -4.50. The number of nitrogens with zero attached hydrogens (tertiary/aromatic N) is 1. The molecule has 37 heavy (non-hydrogen) atoms. The Morgan fingerprint density at radius 1 is 0.892 bits per heavy atom. The first kappa shape index (κ1) is 25.6. The average Bonchev–Trinajstić information content (AvgIpc) is 3.42. The summed E-state index contributed by atoms with van der Waals surface area (Å²) in [6, 6.07) is 25.1. The van der Waals surface area contributed by atoms with E-state index in [1.165, 1.54) is 0 Å². The fourth-order valence-electron chi connectivity index (χ4n) is 3.52. The number of aromatic nitrogens is 1. The number of anilines is 1. The molecule has 0 spiro atoms. The van der Waals surface area contributed by atoms with Crippen LogP contribution in [0.1, 0.15) is 18.4 Å². The Kier molecular flexibility index (Phi) is 8.62. The van der Waals surface area contributed by atoms with Crippen LogP contribution in [0.5, 0.6) is 0 Å². The highest BCUT2D eigenvalue weighted by molar-refractivity contribution is 7.13. The lowest BCUT2D eigenvalue weighted by atomic mass is 10.1. The molecule has 0 radical (unpaired) electrons. The first-order valence-electron chi connectivity index (χ1n) is 11.6. The molecule has 1 heterocycles. The van der Waals surface area contributed by atoms with Gasteiger partial charge in [-0.3, -0.25) is 9.59 Å². The van der Waals surface area contributed by atoms with Crippen molar-refractivity contribution >= 4 is 35.0 Å². The van der Waals surface area contributed by atoms with Crippen molar-refractivity contribution in [1.29, 1.82) is 0 Å². The van der Waals surface area contributed by atoms with Gasteiger partial charge in [-0.05, 0) is 24.1 Å². The van der Waals surface area contributed by atoms with E-state index in [1.807, 2.05) is 66.0 Å². The van der Waals surface area contributed by atoms with Crippen LogP contribution in [0.25, 0.3) is 21.8 Å². The Balaban J connectivity index is 1.37. The first-order chi connectivity index (χ1) is 18.0. The normalized spacial score (nSPS) is 11.4. The first-order valence-corrected chi connectivity index (χ1v) is 12.5. The third-order valence-electron chi connectivity index (χ3n) is 5.44. The van der Waals surface area contributed by atoms with Crippen LogP contribution in [0.4, 0.5) is 10.5 Å². The van der Waals surface area contributed by atoms with Gasteiger partial charge in [0.05, 0.1) is 5.69 Å². The summed E-state index contributed by atoms with van der Waals surface area (Å²) < 4.78 is 5.18. The summed E-state index contributed by atoms with van der Waals surface area (Å²) in [5, 5.41) is 17.2. The van der Waals surface area contributed by atoms with Crippen molar-refractivity contribution < 1.29 is 24.2 Å². The van der Waals surface area contributed by atoms with Crippen LogP contribution >= 0.6 is 11.3 Å². The number of thiazole rings is 1. The molecule has 0 aliphatic heterocycles. The molecule has 3 N–H and O–H groups in total. The molecule has 0 saturated carbocycles. The minimum absolute atomic E-state index is 0.0318. The topological polar surface area (TPSA) is 118 Å². The molecule has 4 rings (SSSR count). The van der Waals surface area contributed by atoms with Crippen LogP contribution in [0.15, 0.2) is 90.3 Å². The molecule has 1 atom stereocenters. The third-order valence-corrected chi connectivity index (χ3v) is 6.33. The number of benzene rings is 3. The number of carbonyl (C=O) groups excluding carboxylic acids is 2. The van der Waals surface area contributed by atoms with Gasteiger partial charge >= 0.3 is 12.1 Å². The highest BCUT2D eigenvalue weighted by Gasteiger charge is 2.23. The number of ether oxygens (including phenoxy) is 1. The minimum Gasteiger partial charge on any atom is -0.481 e. The van der Waals surface area contributed by atoms with E-state index in [0.29, 0.717) is 5.69 Å². The minimum atomic E-state index is -1.08. The van der Waals surface area contributed by atoms with E-state index in [-0.39, 0.29) is 19.4 Å². The average molecular weight is 516 g/mol. The Morgan fingerprint density at radius 3 is 2.24 bits per heavy atom. The third kappa shape index (κ3) is 7.49. The van der Waals surface area contributed by atoms with Gasteiger partial charge in [-0.2, -0.15) is 0 Å². The quantitative estimate of drug-likeness (QED) is 0.254. The number of carboxylic acids is 1. The molecule has 4 aromatic rings. The van der Waals surface area contributed by atoms with Crippen LogP contribution in [-0.4, -0.2) is 34.1 Å². The predicted molar refractivity (Wildman–Crippen MR) is 142 cm³/mol. The maximum Gasteiger partial charge on any atom is 0.408 e. The van der Waals surface area contributed by atoms with Crippen LogP contribution in [0.3, 0.4) is 0 Å². The number of alkyl carbamates (subject to hydrolysis) is 1. The summed E-state index contributed by atoms with van der Waals surface area (Å²) >= 11 is 1.55. The number of carbonyl (C=O) groups is 3. The van der Waals surface area contributed by atoms with E-state index in [9.17, 15) is 14.4 Å². The number of aliphatic carboxylic acids is 1. The SMILES string of the molecule is O=C(O)CCC(NC(=O)OCc1ccccc1)C(=O)Nc1ccc(-c2csc(-c3ccccc3)n2)cc1. The number of nitrogens with one attached hydrogen (secondary N) is 2. The zero-order valence-electron chi connectivity index (χ0n) is 19.8. The molecule has 1 unspecified atom stereocenters. The molecule has 188 valence electrons. The van der Waals surface area contributed by atoms with E-state index in [0.717, 1.165) is 27.4 Å². The number of rotatable bonds is 10. The number of hydrogen-bond acceptors (Lipinski definition) is 6. The lowest BCUT2D eigenvalue weighted by Gasteiger charge is -2.18. The molecule has 0 saturated heterocycles. The number of hydrogen-bond donors (Lipinski definition) is 3. The van der Waals surface area contributed by atoms with E-state index in [2.05, 4.69) is 10.6 Å². The van der Waals surface area contributed by atoms with Gasteiger partial charge in [-0.25, -0.2) is 9.78 Å². The van der Waals surface area contributed by atoms with Gasteiger partial charge in [0.1, 0.15) is 17.7 Å². The standard InChI is InChI=1S/C28H25N3O5S/c32-25(33)16-15-23(31-28(35)36-17-19-7-3-1-4-8-19)26(34)29-22-13-11-20(12-14-22)24-18-37-27(30-24)21-9-5-2-6-10-21/h1-14,18,23H,15-17H2,(H,29,34)(H,31,35)(H,32,33). The second kappa shape index (κ2) is 12.5. The molecule has 0 fully saturated rings. The maximum absolute atomic E-state index is 12.9. The Labute approximate surface area is 218 Å². The number of carboxylic acid groups (broad SMARTS) is 1. The molecular weight excluding hydrogens is 490 g/mol. The van der Waals surface area contributed by atoms with Crippen molar-refractivity contribution in [3.63, 3.8) is 0 Å². The molecule has 2 amide bonds. The smallest absolute Gasteiger partial charge is 0.408 e. The van der Waals surface area contributed by atoms with E-state index < -0.39 is 24.0 Å². The van der Waals surface area contributed by atoms with Crippen LogP contribution in [0, 0.1) is 0 Å². The van der Waals surface area contributed by atoms with Gasteiger partial charge in [0.25, 0.3) is 0 Å². The van der Waals surface area contributed by atoms with Crippen LogP contribution in [0.2, 0.25) is 0 Å². The van der Waals surface area contributed by atoms with Gasteiger partial charge in [-0.1, -0.05) is 72.8 Å².